The molecular formula is C28H40N2O3. The topological polar surface area (TPSA) is 73.4 Å². The molecule has 0 radical (unpaired) electrons. The fraction of sp³-hybridized carbons (Fsp3) is 0.643. The molecular weight excluding hydrogens is 412 g/mol. The lowest BCUT2D eigenvalue weighted by Crippen LogP contribution is -2.63. The van der Waals surface area contributed by atoms with E-state index in [1.165, 1.54) is 34.9 Å². The van der Waals surface area contributed by atoms with Gasteiger partial charge in [0.1, 0.15) is 0 Å². The van der Waals surface area contributed by atoms with Crippen molar-refractivity contribution in [3.05, 3.63) is 35.5 Å². The summed E-state index contributed by atoms with van der Waals surface area (Å²) in [6.07, 6.45) is 10.1. The number of piperidine rings is 2. The summed E-state index contributed by atoms with van der Waals surface area (Å²) in [7, 11) is 0. The summed E-state index contributed by atoms with van der Waals surface area (Å²) in [6, 6.07) is 7.10. The number of hydrogen-bond donors (Lipinski definition) is 2. The van der Waals surface area contributed by atoms with Crippen LogP contribution in [-0.2, 0) is 9.59 Å². The van der Waals surface area contributed by atoms with Crippen LogP contribution in [0.4, 0.5) is 0 Å². The van der Waals surface area contributed by atoms with Crippen molar-refractivity contribution in [3.8, 4) is 0 Å². The van der Waals surface area contributed by atoms with Crippen molar-refractivity contribution in [2.45, 2.75) is 109 Å². The van der Waals surface area contributed by atoms with E-state index in [9.17, 15) is 9.59 Å². The standard InChI is InChI=1S/C26H34N2O3.C2H6/c1-3-18-12-26(10-9-24(30)31)13-19(14-26)28(18)23(29)11-16(2)21-15-27-22-6-4-5-20(25(21)22)17-7-8-17;1-2/h4-6,15-19,27H,3,7-14H2,1-2H3,(H,30,31);1-2H3. The number of carboxylic acids is 1. The van der Waals surface area contributed by atoms with Gasteiger partial charge in [0.2, 0.25) is 5.91 Å². The molecule has 2 N–H and O–H groups in total. The molecule has 5 heteroatoms. The largest absolute Gasteiger partial charge is 0.481 e. The molecule has 1 amide bonds. The van der Waals surface area contributed by atoms with E-state index in [0.29, 0.717) is 18.4 Å². The predicted octanol–water partition coefficient (Wildman–Crippen LogP) is 6.59. The fourth-order valence-corrected chi connectivity index (χ4v) is 6.47. The highest BCUT2D eigenvalue weighted by molar-refractivity contribution is 5.89. The monoisotopic (exact) mass is 452 g/mol. The van der Waals surface area contributed by atoms with Gasteiger partial charge in [0.25, 0.3) is 0 Å². The van der Waals surface area contributed by atoms with Crippen LogP contribution < -0.4 is 0 Å². The van der Waals surface area contributed by atoms with Crippen LogP contribution in [0.2, 0.25) is 0 Å². The number of benzene rings is 1. The molecule has 2 saturated carbocycles. The zero-order chi connectivity index (χ0) is 23.8. The number of hydrogen-bond acceptors (Lipinski definition) is 2. The lowest BCUT2D eigenvalue weighted by Gasteiger charge is -2.61. The smallest absolute Gasteiger partial charge is 0.303 e. The van der Waals surface area contributed by atoms with E-state index in [1.807, 2.05) is 13.8 Å². The van der Waals surface area contributed by atoms with Gasteiger partial charge in [-0.25, -0.2) is 0 Å². The maximum absolute atomic E-state index is 13.5. The third-order valence-corrected chi connectivity index (χ3v) is 8.22. The first kappa shape index (κ1) is 23.8. The molecule has 5 nitrogen and oxygen atoms in total. The van der Waals surface area contributed by atoms with E-state index in [1.54, 1.807) is 0 Å². The van der Waals surface area contributed by atoms with Crippen molar-refractivity contribution in [3.63, 3.8) is 0 Å². The highest BCUT2D eigenvalue weighted by atomic mass is 16.4. The molecule has 2 aliphatic carbocycles. The van der Waals surface area contributed by atoms with Crippen LogP contribution >= 0.6 is 0 Å². The second-order valence-corrected chi connectivity index (χ2v) is 10.4. The second-order valence-electron chi connectivity index (χ2n) is 10.4. The van der Waals surface area contributed by atoms with E-state index in [2.05, 4.69) is 48.1 Å². The molecule has 1 aromatic carbocycles. The van der Waals surface area contributed by atoms with Crippen molar-refractivity contribution < 1.29 is 14.7 Å². The van der Waals surface area contributed by atoms with Gasteiger partial charge in [0.15, 0.2) is 0 Å². The van der Waals surface area contributed by atoms with Crippen molar-refractivity contribution in [2.24, 2.45) is 5.41 Å². The minimum Gasteiger partial charge on any atom is -0.481 e. The van der Waals surface area contributed by atoms with Crippen molar-refractivity contribution in [1.29, 1.82) is 0 Å². The van der Waals surface area contributed by atoms with Gasteiger partial charge < -0.3 is 15.0 Å². The Bertz CT molecular complexity index is 1000. The van der Waals surface area contributed by atoms with Crippen LogP contribution in [0.15, 0.2) is 24.4 Å². The number of aromatic nitrogens is 1. The summed E-state index contributed by atoms with van der Waals surface area (Å²) in [5.74, 6) is 0.427. The summed E-state index contributed by atoms with van der Waals surface area (Å²) in [6.45, 7) is 8.35. The van der Waals surface area contributed by atoms with Gasteiger partial charge in [-0.2, -0.15) is 0 Å². The Morgan fingerprint density at radius 1 is 1.21 bits per heavy atom. The number of nitrogens with zero attached hydrogens (tertiary/aromatic N) is 1. The highest BCUT2D eigenvalue weighted by Crippen LogP contribution is 2.56. The number of fused-ring (bicyclic) bond motifs is 3. The first-order chi connectivity index (χ1) is 15.9. The average Bonchev–Trinajstić information content (AvgIpc) is 3.55. The lowest BCUT2D eigenvalue weighted by atomic mass is 9.56. The Kier molecular flexibility index (Phi) is 6.88. The zero-order valence-electron chi connectivity index (χ0n) is 20.7. The van der Waals surface area contributed by atoms with Crippen molar-refractivity contribution in [2.75, 3.05) is 0 Å². The molecule has 33 heavy (non-hydrogen) atoms. The molecule has 3 heterocycles. The summed E-state index contributed by atoms with van der Waals surface area (Å²) in [4.78, 5) is 30.1. The molecule has 1 aromatic heterocycles. The Morgan fingerprint density at radius 3 is 2.58 bits per heavy atom. The third-order valence-electron chi connectivity index (χ3n) is 8.22. The quantitative estimate of drug-likeness (QED) is 0.474. The number of carbonyl (C=O) groups excluding carboxylic acids is 1. The van der Waals surface area contributed by atoms with Gasteiger partial charge in [-0.3, -0.25) is 9.59 Å². The number of amides is 1. The molecule has 4 aliphatic rings. The molecule has 0 spiro atoms. The van der Waals surface area contributed by atoms with Gasteiger partial charge in [-0.05, 0) is 79.4 Å². The number of rotatable bonds is 8. The molecule has 2 saturated heterocycles. The maximum Gasteiger partial charge on any atom is 0.303 e. The average molecular weight is 453 g/mol. The molecule has 4 fully saturated rings. The van der Waals surface area contributed by atoms with Crippen LogP contribution in [-0.4, -0.2) is 39.0 Å². The molecule has 180 valence electrons. The summed E-state index contributed by atoms with van der Waals surface area (Å²) in [5.41, 5.74) is 4.06. The first-order valence-corrected chi connectivity index (χ1v) is 13.0. The van der Waals surface area contributed by atoms with Gasteiger partial charge in [0, 0.05) is 42.0 Å². The second kappa shape index (κ2) is 9.52. The number of carboxylic acid groups (broad SMARTS) is 1. The SMILES string of the molecule is CC.CCC1CC2(CCC(=O)O)CC(C2)N1C(=O)CC(C)c1c[nH]c2cccc(C3CC3)c12. The van der Waals surface area contributed by atoms with Crippen LogP contribution in [0.25, 0.3) is 10.9 Å². The van der Waals surface area contributed by atoms with Gasteiger partial charge in [0.05, 0.1) is 0 Å². The predicted molar refractivity (Wildman–Crippen MR) is 133 cm³/mol. The summed E-state index contributed by atoms with van der Waals surface area (Å²) in [5, 5.41) is 10.4. The maximum atomic E-state index is 13.5. The van der Waals surface area contributed by atoms with E-state index in [4.69, 9.17) is 5.11 Å². The highest BCUT2D eigenvalue weighted by Gasteiger charge is 2.54. The minimum absolute atomic E-state index is 0.155. The first-order valence-electron chi connectivity index (χ1n) is 13.0. The third kappa shape index (κ3) is 4.56. The molecule has 2 aromatic rings. The van der Waals surface area contributed by atoms with Gasteiger partial charge >= 0.3 is 5.97 Å². The molecule has 2 unspecified atom stereocenters. The van der Waals surface area contributed by atoms with Crippen LogP contribution in [0, 0.1) is 5.41 Å². The van der Waals surface area contributed by atoms with Crippen LogP contribution in [0.3, 0.4) is 0 Å². The van der Waals surface area contributed by atoms with E-state index in [0.717, 1.165) is 32.1 Å². The normalized spacial score (nSPS) is 26.8. The number of aliphatic carboxylic acids is 1. The Morgan fingerprint density at radius 2 is 1.94 bits per heavy atom. The molecule has 6 rings (SSSR count). The van der Waals surface area contributed by atoms with E-state index < -0.39 is 5.97 Å². The van der Waals surface area contributed by atoms with Gasteiger partial charge in [-0.15, -0.1) is 0 Å². The van der Waals surface area contributed by atoms with E-state index in [-0.39, 0.29) is 29.7 Å². The number of aromatic amines is 1. The van der Waals surface area contributed by atoms with Crippen LogP contribution in [0.5, 0.6) is 0 Å². The zero-order valence-corrected chi connectivity index (χ0v) is 20.7. The summed E-state index contributed by atoms with van der Waals surface area (Å²) >= 11 is 0. The lowest BCUT2D eigenvalue weighted by molar-refractivity contribution is -0.161. The summed E-state index contributed by atoms with van der Waals surface area (Å²) < 4.78 is 0. The number of H-pyrrole nitrogens is 1. The number of nitrogens with one attached hydrogen (secondary N) is 1. The fourth-order valence-electron chi connectivity index (χ4n) is 6.47. The molecule has 2 atom stereocenters. The van der Waals surface area contributed by atoms with Crippen molar-refractivity contribution in [1.82, 2.24) is 9.88 Å². The van der Waals surface area contributed by atoms with Crippen molar-refractivity contribution >= 4 is 22.8 Å². The minimum atomic E-state index is -0.706. The molecule has 2 aliphatic heterocycles. The molecule has 2 bridgehead atoms. The van der Waals surface area contributed by atoms with E-state index >= 15 is 0 Å². The van der Waals surface area contributed by atoms with Crippen LogP contribution in [0.1, 0.15) is 108 Å². The Balaban J connectivity index is 0.00000126. The number of carbonyl (C=O) groups is 2. The van der Waals surface area contributed by atoms with Gasteiger partial charge in [-0.1, -0.05) is 39.8 Å². The Hall–Kier alpha value is -2.30. The Labute approximate surface area is 197 Å².